The fourth-order valence-corrected chi connectivity index (χ4v) is 3.55. The topological polar surface area (TPSA) is 46.5 Å². The molecule has 2 aliphatic rings. The van der Waals surface area contributed by atoms with E-state index in [-0.39, 0.29) is 11.8 Å². The Balaban J connectivity index is 2.07. The molecule has 0 aliphatic heterocycles. The molecule has 0 amide bonds. The molecule has 0 saturated carbocycles. The van der Waals surface area contributed by atoms with Crippen molar-refractivity contribution in [2.75, 3.05) is 0 Å². The van der Waals surface area contributed by atoms with Crippen LogP contribution in [0.15, 0.2) is 49.1 Å². The van der Waals surface area contributed by atoms with E-state index in [9.17, 15) is 9.90 Å². The summed E-state index contributed by atoms with van der Waals surface area (Å²) in [5.41, 5.74) is 1.86. The van der Waals surface area contributed by atoms with Crippen molar-refractivity contribution in [2.45, 2.75) is 18.3 Å². The minimum atomic E-state index is -0.472. The van der Waals surface area contributed by atoms with Gasteiger partial charge in [-0.2, -0.15) is 0 Å². The normalized spacial score (nSPS) is 21.5. The summed E-state index contributed by atoms with van der Waals surface area (Å²) in [6, 6.07) is 7.47. The highest BCUT2D eigenvalue weighted by Crippen LogP contribution is 2.57. The molecule has 2 aliphatic carbocycles. The van der Waals surface area contributed by atoms with E-state index < -0.39 is 5.97 Å². The Morgan fingerprint density at radius 1 is 1.19 bits per heavy atom. The highest BCUT2D eigenvalue weighted by Gasteiger charge is 2.39. The molecule has 21 heavy (non-hydrogen) atoms. The van der Waals surface area contributed by atoms with Crippen molar-refractivity contribution in [1.29, 1.82) is 0 Å². The average molecular weight is 278 g/mol. The summed E-state index contributed by atoms with van der Waals surface area (Å²) < 4.78 is 5.53. The summed E-state index contributed by atoms with van der Waals surface area (Å²) in [6.07, 6.45) is 6.36. The Kier molecular flexibility index (Phi) is 2.45. The highest BCUT2D eigenvalue weighted by molar-refractivity contribution is 5.99. The number of phenols is 1. The number of ether oxygens (including phenoxy) is 1. The molecule has 0 spiro atoms. The van der Waals surface area contributed by atoms with Crippen LogP contribution in [0.1, 0.15) is 29.4 Å². The number of carbonyl (C=O) groups is 1. The van der Waals surface area contributed by atoms with Gasteiger partial charge in [0, 0.05) is 39.8 Å². The van der Waals surface area contributed by atoms with Gasteiger partial charge >= 0.3 is 5.97 Å². The summed E-state index contributed by atoms with van der Waals surface area (Å²) in [4.78, 5) is 11.7. The molecule has 2 aromatic carbocycles. The Morgan fingerprint density at radius 3 is 2.57 bits per heavy atom. The molecule has 2 bridgehead atoms. The van der Waals surface area contributed by atoms with Gasteiger partial charge in [0.05, 0.1) is 0 Å². The zero-order valence-corrected chi connectivity index (χ0v) is 11.4. The number of phenolic OH excluding ortho intramolecular Hbond substituents is 1. The third kappa shape index (κ3) is 1.57. The Labute approximate surface area is 122 Å². The molecule has 1 N–H and O–H groups in total. The van der Waals surface area contributed by atoms with Gasteiger partial charge in [0.25, 0.3) is 0 Å². The van der Waals surface area contributed by atoms with E-state index in [1.54, 1.807) is 0 Å². The van der Waals surface area contributed by atoms with Crippen LogP contribution >= 0.6 is 0 Å². The van der Waals surface area contributed by atoms with Crippen molar-refractivity contribution < 1.29 is 14.6 Å². The lowest BCUT2D eigenvalue weighted by Crippen LogP contribution is -2.08. The van der Waals surface area contributed by atoms with E-state index in [1.165, 1.54) is 0 Å². The second kappa shape index (κ2) is 4.22. The first-order chi connectivity index (χ1) is 10.2. The van der Waals surface area contributed by atoms with Crippen molar-refractivity contribution in [1.82, 2.24) is 0 Å². The minimum absolute atomic E-state index is 0.216. The van der Waals surface area contributed by atoms with Gasteiger partial charge in [-0.25, -0.2) is 4.79 Å². The van der Waals surface area contributed by atoms with Crippen molar-refractivity contribution in [3.63, 3.8) is 0 Å². The maximum absolute atomic E-state index is 11.7. The number of carbonyl (C=O) groups excluding carboxylic acids is 1. The number of benzene rings is 2. The summed E-state index contributed by atoms with van der Waals surface area (Å²) in [5.74, 6) is 0.847. The first kappa shape index (κ1) is 12.2. The van der Waals surface area contributed by atoms with Gasteiger partial charge in [-0.15, -0.1) is 0 Å². The molecule has 0 aromatic heterocycles. The van der Waals surface area contributed by atoms with E-state index in [0.717, 1.165) is 34.4 Å². The quantitative estimate of drug-likeness (QED) is 0.393. The van der Waals surface area contributed by atoms with Crippen molar-refractivity contribution in [2.24, 2.45) is 0 Å². The van der Waals surface area contributed by atoms with E-state index in [0.29, 0.717) is 11.5 Å². The standard InChI is InChI=1S/C18H14O3/c1-2-14(19)21-18-13-6-4-3-5-12(13)17(20)15-10-7-8-11(9-10)16(15)18/h2-8,10-11,20H,1,9H2. The lowest BCUT2D eigenvalue weighted by atomic mass is 9.91. The number of rotatable bonds is 2. The third-order valence-electron chi connectivity index (χ3n) is 4.41. The van der Waals surface area contributed by atoms with Gasteiger partial charge < -0.3 is 9.84 Å². The van der Waals surface area contributed by atoms with Gasteiger partial charge in [-0.1, -0.05) is 43.0 Å². The van der Waals surface area contributed by atoms with Gasteiger partial charge in [-0.3, -0.25) is 0 Å². The molecule has 2 aromatic rings. The lowest BCUT2D eigenvalue weighted by molar-refractivity contribution is -0.128. The molecular formula is C18H14O3. The van der Waals surface area contributed by atoms with Crippen LogP contribution in [0.2, 0.25) is 0 Å². The van der Waals surface area contributed by atoms with Crippen molar-refractivity contribution in [3.8, 4) is 11.5 Å². The molecule has 0 radical (unpaired) electrons. The Bertz CT molecular complexity index is 817. The van der Waals surface area contributed by atoms with E-state index in [2.05, 4.69) is 18.7 Å². The zero-order valence-electron chi connectivity index (χ0n) is 11.4. The van der Waals surface area contributed by atoms with Gasteiger partial charge in [0.2, 0.25) is 0 Å². The maximum Gasteiger partial charge on any atom is 0.335 e. The smallest absolute Gasteiger partial charge is 0.335 e. The van der Waals surface area contributed by atoms with E-state index >= 15 is 0 Å². The first-order valence-corrected chi connectivity index (χ1v) is 7.00. The minimum Gasteiger partial charge on any atom is -0.507 e. The molecule has 0 saturated heterocycles. The first-order valence-electron chi connectivity index (χ1n) is 7.00. The van der Waals surface area contributed by atoms with E-state index in [1.807, 2.05) is 24.3 Å². The summed E-state index contributed by atoms with van der Waals surface area (Å²) in [7, 11) is 0. The molecule has 3 nitrogen and oxygen atoms in total. The van der Waals surface area contributed by atoms with Crippen LogP contribution in [0.25, 0.3) is 10.8 Å². The van der Waals surface area contributed by atoms with Crippen LogP contribution in [-0.2, 0) is 4.79 Å². The fourth-order valence-electron chi connectivity index (χ4n) is 3.55. The van der Waals surface area contributed by atoms with Crippen LogP contribution in [0.5, 0.6) is 11.5 Å². The van der Waals surface area contributed by atoms with Gasteiger partial charge in [0.1, 0.15) is 11.5 Å². The second-order valence-corrected chi connectivity index (χ2v) is 5.51. The fraction of sp³-hybridized carbons (Fsp3) is 0.167. The predicted octanol–water partition coefficient (Wildman–Crippen LogP) is 3.78. The predicted molar refractivity (Wildman–Crippen MR) is 80.7 cm³/mol. The summed E-state index contributed by atoms with van der Waals surface area (Å²) in [6.45, 7) is 3.46. The molecular weight excluding hydrogens is 264 g/mol. The molecule has 104 valence electrons. The number of hydrogen-bond acceptors (Lipinski definition) is 3. The van der Waals surface area contributed by atoms with Gasteiger partial charge in [0.15, 0.2) is 0 Å². The number of allylic oxidation sites excluding steroid dienone is 2. The lowest BCUT2D eigenvalue weighted by Gasteiger charge is -2.19. The second-order valence-electron chi connectivity index (χ2n) is 5.51. The van der Waals surface area contributed by atoms with E-state index in [4.69, 9.17) is 4.74 Å². The largest absolute Gasteiger partial charge is 0.507 e. The highest BCUT2D eigenvalue weighted by atomic mass is 16.5. The van der Waals surface area contributed by atoms with Crippen molar-refractivity contribution in [3.05, 3.63) is 60.2 Å². The van der Waals surface area contributed by atoms with Crippen molar-refractivity contribution >= 4 is 16.7 Å². The molecule has 0 heterocycles. The zero-order chi connectivity index (χ0) is 14.6. The number of esters is 1. The van der Waals surface area contributed by atoms with Crippen LogP contribution in [-0.4, -0.2) is 11.1 Å². The summed E-state index contributed by atoms with van der Waals surface area (Å²) in [5, 5.41) is 12.1. The molecule has 2 unspecified atom stereocenters. The number of aromatic hydroxyl groups is 1. The number of hydrogen-bond donors (Lipinski definition) is 1. The molecule has 4 rings (SSSR count). The van der Waals surface area contributed by atoms with Crippen LogP contribution in [0, 0.1) is 0 Å². The SMILES string of the molecule is C=CC(=O)Oc1c2c(c(O)c3ccccc13)C1C=CC2C1. The number of fused-ring (bicyclic) bond motifs is 6. The maximum atomic E-state index is 11.7. The monoisotopic (exact) mass is 278 g/mol. The van der Waals surface area contributed by atoms with Crippen LogP contribution in [0.4, 0.5) is 0 Å². The average Bonchev–Trinajstić information content (AvgIpc) is 3.12. The molecule has 0 fully saturated rings. The Morgan fingerprint density at radius 2 is 1.86 bits per heavy atom. The molecule has 3 heteroatoms. The summed E-state index contributed by atoms with van der Waals surface area (Å²) >= 11 is 0. The third-order valence-corrected chi connectivity index (χ3v) is 4.41. The van der Waals surface area contributed by atoms with Crippen LogP contribution in [0.3, 0.4) is 0 Å². The van der Waals surface area contributed by atoms with Crippen LogP contribution < -0.4 is 4.74 Å². The van der Waals surface area contributed by atoms with Gasteiger partial charge in [-0.05, 0) is 6.42 Å². The molecule has 2 atom stereocenters. The Hall–Kier alpha value is -2.55.